The Kier molecular flexibility index (Phi) is 4.22. The van der Waals surface area contributed by atoms with Gasteiger partial charge >= 0.3 is 0 Å². The molecule has 0 aromatic carbocycles. The van der Waals surface area contributed by atoms with Crippen molar-refractivity contribution < 1.29 is 4.74 Å². The van der Waals surface area contributed by atoms with E-state index in [-0.39, 0.29) is 0 Å². The summed E-state index contributed by atoms with van der Waals surface area (Å²) in [7, 11) is 0. The van der Waals surface area contributed by atoms with Crippen LogP contribution in [-0.4, -0.2) is 39.6 Å². The van der Waals surface area contributed by atoms with Gasteiger partial charge in [0.2, 0.25) is 0 Å². The molecule has 4 rings (SSSR count). The minimum absolute atomic E-state index is 0.397. The average molecular weight is 332 g/mol. The molecule has 116 valence electrons. The number of hydrogen-bond donors (Lipinski definition) is 0. The Morgan fingerprint density at radius 2 is 2.27 bits per heavy atom. The lowest BCUT2D eigenvalue weighted by molar-refractivity contribution is 0.0263. The lowest BCUT2D eigenvalue weighted by atomic mass is 9.92. The summed E-state index contributed by atoms with van der Waals surface area (Å²) in [6.45, 7) is 4.21. The monoisotopic (exact) mass is 332 g/mol. The Morgan fingerprint density at radius 3 is 3.05 bits per heavy atom. The summed E-state index contributed by atoms with van der Waals surface area (Å²) in [5.74, 6) is 1.13. The van der Waals surface area contributed by atoms with Crippen molar-refractivity contribution in [3.63, 3.8) is 0 Å². The van der Waals surface area contributed by atoms with Crippen LogP contribution in [-0.2, 0) is 17.9 Å². The molecular formula is C17H20N2OS2. The predicted molar refractivity (Wildman–Crippen MR) is 92.2 cm³/mol. The van der Waals surface area contributed by atoms with Gasteiger partial charge in [0.05, 0.1) is 12.7 Å². The molecule has 0 bridgehead atoms. The Labute approximate surface area is 139 Å². The first-order valence-corrected chi connectivity index (χ1v) is 9.62. The predicted octanol–water partition coefficient (Wildman–Crippen LogP) is 3.42. The smallest absolute Gasteiger partial charge is 0.0736 e. The van der Waals surface area contributed by atoms with Crippen LogP contribution in [0.5, 0.6) is 0 Å². The van der Waals surface area contributed by atoms with Crippen LogP contribution in [0.15, 0.2) is 41.4 Å². The van der Waals surface area contributed by atoms with Crippen LogP contribution in [0.2, 0.25) is 0 Å². The molecular weight excluding hydrogens is 312 g/mol. The summed E-state index contributed by atoms with van der Waals surface area (Å²) < 4.78 is 6.54. The number of thioether (sulfide) groups is 1. The second-order valence-corrected chi connectivity index (χ2v) is 8.54. The Morgan fingerprint density at radius 1 is 1.32 bits per heavy atom. The van der Waals surface area contributed by atoms with Gasteiger partial charge in [0.1, 0.15) is 0 Å². The topological polar surface area (TPSA) is 25.4 Å². The number of likely N-dealkylation sites (tertiary alicyclic amines) is 1. The molecule has 0 radical (unpaired) electrons. The van der Waals surface area contributed by atoms with Gasteiger partial charge in [0, 0.05) is 42.5 Å². The molecule has 2 aromatic heterocycles. The lowest BCUT2D eigenvalue weighted by Gasteiger charge is -2.47. The van der Waals surface area contributed by atoms with E-state index in [1.54, 1.807) is 17.5 Å². The van der Waals surface area contributed by atoms with Crippen molar-refractivity contribution in [3.05, 3.63) is 52.5 Å². The maximum atomic E-state index is 6.08. The van der Waals surface area contributed by atoms with Gasteiger partial charge in [-0.05, 0) is 40.4 Å². The highest BCUT2D eigenvalue weighted by atomic mass is 32.2. The van der Waals surface area contributed by atoms with Crippen molar-refractivity contribution in [3.8, 4) is 0 Å². The molecule has 1 atom stereocenters. The molecule has 2 aliphatic rings. The van der Waals surface area contributed by atoms with Crippen LogP contribution in [0.4, 0.5) is 0 Å². The van der Waals surface area contributed by atoms with Gasteiger partial charge < -0.3 is 4.74 Å². The maximum Gasteiger partial charge on any atom is 0.0736 e. The molecule has 1 unspecified atom stereocenters. The zero-order valence-corrected chi connectivity index (χ0v) is 14.1. The number of pyridine rings is 1. The quantitative estimate of drug-likeness (QED) is 0.838. The van der Waals surface area contributed by atoms with Crippen LogP contribution in [0.1, 0.15) is 17.5 Å². The number of rotatable bonds is 5. The van der Waals surface area contributed by atoms with E-state index < -0.39 is 0 Å². The SMILES string of the molecule is c1cncc(COC2CSC3(C2)CN(Cc2ccsc2)C3)c1. The second-order valence-electron chi connectivity index (χ2n) is 6.27. The summed E-state index contributed by atoms with van der Waals surface area (Å²) in [6.07, 6.45) is 5.29. The first kappa shape index (κ1) is 14.7. The van der Waals surface area contributed by atoms with Crippen LogP contribution < -0.4 is 0 Å². The molecule has 1 spiro atoms. The molecule has 2 aliphatic heterocycles. The third-order valence-electron chi connectivity index (χ3n) is 4.39. The van der Waals surface area contributed by atoms with E-state index in [0.29, 0.717) is 17.5 Å². The van der Waals surface area contributed by atoms with E-state index in [4.69, 9.17) is 4.74 Å². The van der Waals surface area contributed by atoms with E-state index in [1.807, 2.05) is 12.3 Å². The fourth-order valence-electron chi connectivity index (χ4n) is 3.35. The minimum atomic E-state index is 0.397. The van der Waals surface area contributed by atoms with E-state index in [9.17, 15) is 0 Å². The molecule has 4 heterocycles. The Bertz CT molecular complexity index is 596. The fourth-order valence-corrected chi connectivity index (χ4v) is 5.61. The number of aromatic nitrogens is 1. The molecule has 0 amide bonds. The first-order valence-electron chi connectivity index (χ1n) is 7.69. The Balaban J connectivity index is 1.23. The number of ether oxygens (including phenoxy) is 1. The molecule has 2 aromatic rings. The minimum Gasteiger partial charge on any atom is -0.373 e. The van der Waals surface area contributed by atoms with Crippen molar-refractivity contribution in [2.75, 3.05) is 18.8 Å². The summed E-state index contributed by atoms with van der Waals surface area (Å²) in [4.78, 5) is 6.69. The van der Waals surface area contributed by atoms with E-state index in [2.05, 4.69) is 44.5 Å². The lowest BCUT2D eigenvalue weighted by Crippen LogP contribution is -2.58. The third-order valence-corrected chi connectivity index (χ3v) is 6.70. The maximum absolute atomic E-state index is 6.08. The number of hydrogen-bond acceptors (Lipinski definition) is 5. The van der Waals surface area contributed by atoms with Gasteiger partial charge in [0.15, 0.2) is 0 Å². The molecule has 5 heteroatoms. The zero-order chi connectivity index (χ0) is 14.8. The van der Waals surface area contributed by atoms with Crippen molar-refractivity contribution in [1.29, 1.82) is 0 Å². The van der Waals surface area contributed by atoms with Gasteiger partial charge in [-0.2, -0.15) is 11.3 Å². The van der Waals surface area contributed by atoms with Crippen LogP contribution in [0.25, 0.3) is 0 Å². The van der Waals surface area contributed by atoms with E-state index in [1.165, 1.54) is 30.6 Å². The fraction of sp³-hybridized carbons (Fsp3) is 0.471. The first-order chi connectivity index (χ1) is 10.8. The van der Waals surface area contributed by atoms with Crippen LogP contribution in [0.3, 0.4) is 0 Å². The van der Waals surface area contributed by atoms with Crippen molar-refractivity contribution in [2.24, 2.45) is 0 Å². The third kappa shape index (κ3) is 3.23. The van der Waals surface area contributed by atoms with Crippen LogP contribution >= 0.6 is 23.1 Å². The van der Waals surface area contributed by atoms with Gasteiger partial charge in [-0.25, -0.2) is 0 Å². The molecule has 2 fully saturated rings. The van der Waals surface area contributed by atoms with Gasteiger partial charge in [-0.3, -0.25) is 9.88 Å². The van der Waals surface area contributed by atoms with Gasteiger partial charge in [-0.1, -0.05) is 6.07 Å². The Hall–Kier alpha value is -0.880. The van der Waals surface area contributed by atoms with Crippen LogP contribution in [0, 0.1) is 0 Å². The van der Waals surface area contributed by atoms with Crippen molar-refractivity contribution >= 4 is 23.1 Å². The summed E-state index contributed by atoms with van der Waals surface area (Å²) in [6, 6.07) is 6.28. The number of thiophene rings is 1. The number of nitrogens with zero attached hydrogens (tertiary/aromatic N) is 2. The normalized spacial score (nSPS) is 23.7. The standard InChI is InChI=1S/C17H20N2OS2/c1-2-14(7-18-4-1)9-20-16-6-17(22-11-16)12-19(13-17)8-15-3-5-21-10-15/h1-5,7,10,16H,6,8-9,11-13H2. The van der Waals surface area contributed by atoms with Crippen molar-refractivity contribution in [2.45, 2.75) is 30.4 Å². The summed E-state index contributed by atoms with van der Waals surface area (Å²) in [5.41, 5.74) is 2.62. The van der Waals surface area contributed by atoms with E-state index in [0.717, 1.165) is 12.3 Å². The largest absolute Gasteiger partial charge is 0.373 e. The van der Waals surface area contributed by atoms with Gasteiger partial charge in [0.25, 0.3) is 0 Å². The average Bonchev–Trinajstić information content (AvgIpc) is 3.16. The molecule has 22 heavy (non-hydrogen) atoms. The molecule has 3 nitrogen and oxygen atoms in total. The summed E-state index contributed by atoms with van der Waals surface area (Å²) >= 11 is 3.90. The summed E-state index contributed by atoms with van der Waals surface area (Å²) in [5, 5.41) is 4.42. The van der Waals surface area contributed by atoms with Crippen molar-refractivity contribution in [1.82, 2.24) is 9.88 Å². The second kappa shape index (κ2) is 6.32. The highest BCUT2D eigenvalue weighted by molar-refractivity contribution is 8.01. The molecule has 0 N–H and O–H groups in total. The highest BCUT2D eigenvalue weighted by Crippen LogP contribution is 2.46. The molecule has 2 saturated heterocycles. The zero-order valence-electron chi connectivity index (χ0n) is 12.5. The molecule has 0 aliphatic carbocycles. The van der Waals surface area contributed by atoms with E-state index >= 15 is 0 Å². The van der Waals surface area contributed by atoms with Gasteiger partial charge in [-0.15, -0.1) is 11.8 Å². The highest BCUT2D eigenvalue weighted by Gasteiger charge is 2.49. The molecule has 0 saturated carbocycles.